The normalized spacial score (nSPS) is 21.5. The number of Topliss-reactive ketones (excluding diaryl/α,β-unsaturated/α-hetero) is 1. The average Bonchev–Trinajstić information content (AvgIpc) is 3.51. The van der Waals surface area contributed by atoms with Crippen LogP contribution in [0.3, 0.4) is 0 Å². The van der Waals surface area contributed by atoms with Crippen molar-refractivity contribution in [2.24, 2.45) is 11.8 Å². The molecule has 0 aromatic heterocycles. The zero-order valence-electron chi connectivity index (χ0n) is 21.4. The summed E-state index contributed by atoms with van der Waals surface area (Å²) in [5, 5.41) is 11.2. The third-order valence-electron chi connectivity index (χ3n) is 7.96. The number of halogens is 1. The topological polar surface area (TPSA) is 116 Å². The zero-order chi connectivity index (χ0) is 27.0. The van der Waals surface area contributed by atoms with E-state index in [1.807, 2.05) is 0 Å². The Bertz CT molecular complexity index is 1230. The summed E-state index contributed by atoms with van der Waals surface area (Å²) in [4.78, 5) is 42.8. The number of likely N-dealkylation sites (tertiary alicyclic amines) is 2. The number of nitrogens with zero attached hydrogens (tertiary/aromatic N) is 3. The van der Waals surface area contributed by atoms with Gasteiger partial charge in [0.1, 0.15) is 11.6 Å². The van der Waals surface area contributed by atoms with Crippen LogP contribution >= 0.6 is 0 Å². The number of β-amino-alcohol motifs (C(OH)–C–C–N with tert-alkyl or cyclic N) is 1. The highest BCUT2D eigenvalue weighted by Crippen LogP contribution is 2.40. The van der Waals surface area contributed by atoms with Crippen LogP contribution in [0, 0.1) is 11.7 Å². The first-order valence-corrected chi connectivity index (χ1v) is 13.0. The number of hydrogen-bond donors (Lipinski definition) is 2. The summed E-state index contributed by atoms with van der Waals surface area (Å²) in [6.07, 6.45) is 2.30. The third-order valence-corrected chi connectivity index (χ3v) is 7.96. The first-order chi connectivity index (χ1) is 18.2. The van der Waals surface area contributed by atoms with E-state index in [2.05, 4.69) is 0 Å². The molecule has 2 aromatic rings. The summed E-state index contributed by atoms with van der Waals surface area (Å²) in [6.45, 7) is 1.74. The number of piperidine rings is 1. The van der Waals surface area contributed by atoms with Crippen LogP contribution in [0.15, 0.2) is 36.4 Å². The minimum atomic E-state index is -0.806. The van der Waals surface area contributed by atoms with E-state index < -0.39 is 23.7 Å². The molecule has 0 aliphatic carbocycles. The molecule has 2 amide bonds. The van der Waals surface area contributed by atoms with Crippen molar-refractivity contribution in [3.05, 3.63) is 58.9 Å². The SMILES string of the molecule is COc1cc2c(cc1C(=O)N1CCC(Cc3ccc(F)cc3)CC1)C(C(=O)C(=O)N1CC[C@@H](O)C1)CN2N. The number of carbonyl (C=O) groups excluding carboxylic acids is 3. The molecule has 3 N–H and O–H groups in total. The van der Waals surface area contributed by atoms with Crippen molar-refractivity contribution in [3.63, 3.8) is 0 Å². The Balaban J connectivity index is 1.31. The van der Waals surface area contributed by atoms with Crippen molar-refractivity contribution in [1.82, 2.24) is 9.80 Å². The minimum absolute atomic E-state index is 0.117. The predicted molar refractivity (Wildman–Crippen MR) is 138 cm³/mol. The molecule has 0 spiro atoms. The molecule has 1 unspecified atom stereocenters. The molecule has 10 heteroatoms. The van der Waals surface area contributed by atoms with Gasteiger partial charge in [0.05, 0.1) is 30.4 Å². The standard InChI is InChI=1S/C28H33FN4O5/c1-38-25-14-24-21(23(16-33(24)30)26(35)28(37)32-11-8-20(34)15-32)13-22(25)27(36)31-9-6-18(7-10-31)12-17-2-4-19(29)5-3-17/h2-5,13-14,18,20,23,34H,6-12,15-16,30H2,1H3/t20-,23?/m1/s1. The Morgan fingerprint density at radius 2 is 1.71 bits per heavy atom. The first-order valence-electron chi connectivity index (χ1n) is 13.0. The number of aliphatic hydroxyl groups excluding tert-OH is 1. The second kappa shape index (κ2) is 10.7. The van der Waals surface area contributed by atoms with Crippen LogP contribution in [0.2, 0.25) is 0 Å². The lowest BCUT2D eigenvalue weighted by atomic mass is 9.89. The Kier molecular flexibility index (Phi) is 7.36. The van der Waals surface area contributed by atoms with Crippen LogP contribution in [0.5, 0.6) is 5.75 Å². The quantitative estimate of drug-likeness (QED) is 0.438. The van der Waals surface area contributed by atoms with Crippen LogP contribution in [-0.4, -0.2) is 78.4 Å². The number of anilines is 1. The molecule has 2 atom stereocenters. The lowest BCUT2D eigenvalue weighted by Gasteiger charge is -2.32. The maximum absolute atomic E-state index is 13.6. The smallest absolute Gasteiger partial charge is 0.290 e. The summed E-state index contributed by atoms with van der Waals surface area (Å²) >= 11 is 0. The fourth-order valence-corrected chi connectivity index (χ4v) is 5.76. The maximum atomic E-state index is 13.6. The molecule has 2 fully saturated rings. The first kappa shape index (κ1) is 26.1. The molecule has 0 radical (unpaired) electrons. The van der Waals surface area contributed by atoms with Gasteiger partial charge in [-0.1, -0.05) is 12.1 Å². The molecule has 5 rings (SSSR count). The van der Waals surface area contributed by atoms with Crippen LogP contribution in [0.25, 0.3) is 0 Å². The number of aliphatic hydroxyl groups is 1. The highest BCUT2D eigenvalue weighted by Gasteiger charge is 2.40. The van der Waals surface area contributed by atoms with Crippen LogP contribution in [0.4, 0.5) is 10.1 Å². The van der Waals surface area contributed by atoms with Gasteiger partial charge in [0.25, 0.3) is 11.8 Å². The van der Waals surface area contributed by atoms with Crippen molar-refractivity contribution < 1.29 is 28.6 Å². The Morgan fingerprint density at radius 3 is 2.34 bits per heavy atom. The van der Waals surface area contributed by atoms with E-state index in [1.54, 1.807) is 29.2 Å². The number of ether oxygens (including phenoxy) is 1. The van der Waals surface area contributed by atoms with Gasteiger partial charge in [-0.15, -0.1) is 0 Å². The second-order valence-corrected chi connectivity index (χ2v) is 10.4. The molecule has 9 nitrogen and oxygen atoms in total. The Hall–Kier alpha value is -3.50. The number of ketones is 1. The molecular formula is C28H33FN4O5. The third kappa shape index (κ3) is 5.10. The van der Waals surface area contributed by atoms with E-state index in [-0.39, 0.29) is 24.8 Å². The Morgan fingerprint density at radius 1 is 1.03 bits per heavy atom. The van der Waals surface area contributed by atoms with Crippen molar-refractivity contribution >= 4 is 23.3 Å². The van der Waals surface area contributed by atoms with Crippen LogP contribution in [-0.2, 0) is 16.0 Å². The number of rotatable bonds is 6. The summed E-state index contributed by atoms with van der Waals surface area (Å²) in [5.41, 5.74) is 2.49. The Labute approximate surface area is 220 Å². The number of fused-ring (bicyclic) bond motifs is 1. The molecule has 2 aromatic carbocycles. The summed E-state index contributed by atoms with van der Waals surface area (Å²) in [6, 6.07) is 9.84. The molecule has 38 heavy (non-hydrogen) atoms. The van der Waals surface area contributed by atoms with Crippen molar-refractivity contribution in [2.45, 2.75) is 37.7 Å². The maximum Gasteiger partial charge on any atom is 0.290 e. The van der Waals surface area contributed by atoms with Gasteiger partial charge < -0.3 is 24.7 Å². The molecule has 202 valence electrons. The molecule has 3 aliphatic rings. The lowest BCUT2D eigenvalue weighted by Crippen LogP contribution is -2.40. The fraction of sp³-hybridized carbons (Fsp3) is 0.464. The van der Waals surface area contributed by atoms with Gasteiger partial charge >= 0.3 is 0 Å². The molecule has 3 aliphatic heterocycles. The van der Waals surface area contributed by atoms with Crippen LogP contribution < -0.4 is 15.6 Å². The van der Waals surface area contributed by atoms with E-state index in [1.165, 1.54) is 29.2 Å². The van der Waals surface area contributed by atoms with Gasteiger partial charge in [0.2, 0.25) is 5.78 Å². The molecule has 0 bridgehead atoms. The number of carbonyl (C=O) groups is 3. The summed E-state index contributed by atoms with van der Waals surface area (Å²) < 4.78 is 18.7. The average molecular weight is 525 g/mol. The van der Waals surface area contributed by atoms with E-state index >= 15 is 0 Å². The van der Waals surface area contributed by atoms with Crippen molar-refractivity contribution in [3.8, 4) is 5.75 Å². The number of hydrazine groups is 1. The van der Waals surface area contributed by atoms with Gasteiger partial charge in [-0.2, -0.15) is 0 Å². The van der Waals surface area contributed by atoms with Crippen molar-refractivity contribution in [1.29, 1.82) is 0 Å². The lowest BCUT2D eigenvalue weighted by molar-refractivity contribution is -0.144. The highest BCUT2D eigenvalue weighted by molar-refractivity contribution is 6.38. The van der Waals surface area contributed by atoms with Crippen LogP contribution in [0.1, 0.15) is 46.7 Å². The van der Waals surface area contributed by atoms with E-state index in [0.29, 0.717) is 54.5 Å². The second-order valence-electron chi connectivity index (χ2n) is 10.4. The predicted octanol–water partition coefficient (Wildman–Crippen LogP) is 1.87. The highest BCUT2D eigenvalue weighted by atomic mass is 19.1. The largest absolute Gasteiger partial charge is 0.496 e. The van der Waals surface area contributed by atoms with E-state index in [0.717, 1.165) is 24.8 Å². The number of methoxy groups -OCH3 is 1. The zero-order valence-corrected chi connectivity index (χ0v) is 21.4. The van der Waals surface area contributed by atoms with Gasteiger partial charge in [0.15, 0.2) is 0 Å². The van der Waals surface area contributed by atoms with E-state index in [9.17, 15) is 23.9 Å². The number of nitrogens with two attached hydrogens (primary N) is 1. The van der Waals surface area contributed by atoms with Gasteiger partial charge in [0, 0.05) is 38.8 Å². The van der Waals surface area contributed by atoms with E-state index in [4.69, 9.17) is 10.6 Å². The number of hydrogen-bond acceptors (Lipinski definition) is 7. The number of benzene rings is 2. The van der Waals surface area contributed by atoms with Crippen molar-refractivity contribution in [2.75, 3.05) is 44.8 Å². The minimum Gasteiger partial charge on any atom is -0.496 e. The summed E-state index contributed by atoms with van der Waals surface area (Å²) in [7, 11) is 1.48. The number of amides is 2. The fourth-order valence-electron chi connectivity index (χ4n) is 5.76. The molecule has 3 heterocycles. The van der Waals surface area contributed by atoms with Gasteiger partial charge in [-0.3, -0.25) is 14.4 Å². The molecule has 2 saturated heterocycles. The van der Waals surface area contributed by atoms with Gasteiger partial charge in [-0.05, 0) is 60.9 Å². The molecule has 0 saturated carbocycles. The summed E-state index contributed by atoms with van der Waals surface area (Å²) in [5.74, 6) is 4.44. The monoisotopic (exact) mass is 524 g/mol. The van der Waals surface area contributed by atoms with Gasteiger partial charge in [-0.25, -0.2) is 10.2 Å². The molecular weight excluding hydrogens is 491 g/mol.